The third-order valence-corrected chi connectivity index (χ3v) is 2.47. The molecule has 3 N–H and O–H groups in total. The minimum Gasteiger partial charge on any atom is -0.475 e. The molecule has 1 aromatic carbocycles. The number of ether oxygens (including phenoxy) is 2. The molecule has 1 aliphatic rings. The summed E-state index contributed by atoms with van der Waals surface area (Å²) in [6, 6.07) is 7.53. The number of hydrogen-bond acceptors (Lipinski definition) is 5. The number of fused-ring (bicyclic) bond motifs is 1. The Morgan fingerprint density at radius 2 is 2.16 bits per heavy atom. The van der Waals surface area contributed by atoms with Gasteiger partial charge in [-0.2, -0.15) is 0 Å². The zero-order valence-electron chi connectivity index (χ0n) is 11.5. The number of benzene rings is 1. The van der Waals surface area contributed by atoms with Crippen molar-refractivity contribution in [2.45, 2.75) is 26.4 Å². The van der Waals surface area contributed by atoms with E-state index in [1.165, 1.54) is 0 Å². The molecule has 0 saturated carbocycles. The summed E-state index contributed by atoms with van der Waals surface area (Å²) in [6.45, 7) is 5.48. The van der Waals surface area contributed by atoms with Gasteiger partial charge in [-0.25, -0.2) is 4.79 Å². The van der Waals surface area contributed by atoms with E-state index in [0.717, 1.165) is 18.7 Å². The van der Waals surface area contributed by atoms with Gasteiger partial charge in [0.05, 0.1) is 18.8 Å². The van der Waals surface area contributed by atoms with E-state index in [1.54, 1.807) is 6.92 Å². The second kappa shape index (κ2) is 8.37. The van der Waals surface area contributed by atoms with Crippen molar-refractivity contribution in [3.05, 3.63) is 24.3 Å². The highest BCUT2D eigenvalue weighted by Gasteiger charge is 2.26. The van der Waals surface area contributed by atoms with Gasteiger partial charge in [0.2, 0.25) is 6.10 Å². The van der Waals surface area contributed by atoms with Crippen molar-refractivity contribution < 1.29 is 14.3 Å². The van der Waals surface area contributed by atoms with Crippen molar-refractivity contribution in [3.8, 4) is 5.75 Å². The number of para-hydroxylation sites is 2. The van der Waals surface area contributed by atoms with Gasteiger partial charge in [0.25, 0.3) is 0 Å². The number of anilines is 1. The first kappa shape index (κ1) is 15.3. The molecule has 0 saturated heterocycles. The first-order valence-corrected chi connectivity index (χ1v) is 6.59. The number of rotatable bonds is 3. The number of hydrogen-bond donors (Lipinski definition) is 2. The standard InChI is InChI=1S/C11H13NO3.C3H9N/c1-2-14-11(13)10-7-12-8-5-3-4-6-9(8)15-10;1-2-3-4/h3-6,10,12H,2,7H2,1H3;2-4H2,1H3. The number of nitrogens with one attached hydrogen (secondary N) is 1. The fraction of sp³-hybridized carbons (Fsp3) is 0.500. The van der Waals surface area contributed by atoms with Crippen LogP contribution in [0.3, 0.4) is 0 Å². The van der Waals surface area contributed by atoms with Crippen LogP contribution in [-0.2, 0) is 9.53 Å². The first-order valence-electron chi connectivity index (χ1n) is 6.59. The summed E-state index contributed by atoms with van der Waals surface area (Å²) in [4.78, 5) is 11.4. The van der Waals surface area contributed by atoms with Gasteiger partial charge in [0, 0.05) is 0 Å². The SMILES string of the molecule is CCCN.CCOC(=O)C1CNc2ccccc2O1. The molecule has 0 aromatic heterocycles. The Morgan fingerprint density at radius 3 is 2.79 bits per heavy atom. The molecule has 19 heavy (non-hydrogen) atoms. The molecule has 0 amide bonds. The van der Waals surface area contributed by atoms with Gasteiger partial charge < -0.3 is 20.5 Å². The average Bonchev–Trinajstić information content (AvgIpc) is 2.47. The lowest BCUT2D eigenvalue weighted by atomic mass is 10.2. The Morgan fingerprint density at radius 1 is 1.47 bits per heavy atom. The Kier molecular flexibility index (Phi) is 6.74. The number of carbonyl (C=O) groups is 1. The maximum Gasteiger partial charge on any atom is 0.349 e. The highest BCUT2D eigenvalue weighted by atomic mass is 16.6. The third-order valence-electron chi connectivity index (χ3n) is 2.47. The molecule has 0 bridgehead atoms. The van der Waals surface area contributed by atoms with Crippen LogP contribution in [0.5, 0.6) is 5.75 Å². The van der Waals surface area contributed by atoms with Gasteiger partial charge in [0.1, 0.15) is 5.75 Å². The molecule has 1 aliphatic heterocycles. The van der Waals surface area contributed by atoms with Crippen LogP contribution in [0.25, 0.3) is 0 Å². The molecule has 1 heterocycles. The molecular weight excluding hydrogens is 244 g/mol. The second-order valence-corrected chi connectivity index (χ2v) is 4.02. The summed E-state index contributed by atoms with van der Waals surface area (Å²) in [5.74, 6) is 0.376. The second-order valence-electron chi connectivity index (χ2n) is 4.02. The molecule has 0 radical (unpaired) electrons. The third kappa shape index (κ3) is 4.79. The quantitative estimate of drug-likeness (QED) is 0.816. The van der Waals surface area contributed by atoms with Crippen LogP contribution in [-0.4, -0.2) is 31.8 Å². The van der Waals surface area contributed by atoms with E-state index in [2.05, 4.69) is 12.2 Å². The smallest absolute Gasteiger partial charge is 0.349 e. The summed E-state index contributed by atoms with van der Waals surface area (Å²) < 4.78 is 10.4. The van der Waals surface area contributed by atoms with Crippen LogP contribution in [0.15, 0.2) is 24.3 Å². The van der Waals surface area contributed by atoms with E-state index in [-0.39, 0.29) is 5.97 Å². The van der Waals surface area contributed by atoms with Crippen molar-refractivity contribution in [2.75, 3.05) is 25.0 Å². The van der Waals surface area contributed by atoms with E-state index in [9.17, 15) is 4.79 Å². The topological polar surface area (TPSA) is 73.6 Å². The summed E-state index contributed by atoms with van der Waals surface area (Å²) >= 11 is 0. The predicted octanol–water partition coefficient (Wildman–Crippen LogP) is 1.78. The Labute approximate surface area is 114 Å². The average molecular weight is 266 g/mol. The fourth-order valence-electron chi connectivity index (χ4n) is 1.48. The van der Waals surface area contributed by atoms with Gasteiger partial charge in [-0.1, -0.05) is 19.1 Å². The van der Waals surface area contributed by atoms with E-state index < -0.39 is 6.10 Å². The Balaban J connectivity index is 0.000000399. The lowest BCUT2D eigenvalue weighted by molar-refractivity contribution is -0.150. The molecule has 2 rings (SSSR count). The molecule has 1 unspecified atom stereocenters. The number of esters is 1. The van der Waals surface area contributed by atoms with Crippen LogP contribution in [0.4, 0.5) is 5.69 Å². The van der Waals surface area contributed by atoms with Crippen LogP contribution < -0.4 is 15.8 Å². The van der Waals surface area contributed by atoms with E-state index >= 15 is 0 Å². The van der Waals surface area contributed by atoms with Crippen LogP contribution >= 0.6 is 0 Å². The van der Waals surface area contributed by atoms with Crippen LogP contribution in [0.2, 0.25) is 0 Å². The van der Waals surface area contributed by atoms with Gasteiger partial charge in [0.15, 0.2) is 0 Å². The molecule has 0 spiro atoms. The monoisotopic (exact) mass is 266 g/mol. The predicted molar refractivity (Wildman–Crippen MR) is 75.3 cm³/mol. The molecule has 5 heteroatoms. The minimum atomic E-state index is -0.542. The molecule has 1 aromatic rings. The Hall–Kier alpha value is -1.75. The van der Waals surface area contributed by atoms with E-state index in [4.69, 9.17) is 15.2 Å². The van der Waals surface area contributed by atoms with Gasteiger partial charge in [-0.3, -0.25) is 0 Å². The highest BCUT2D eigenvalue weighted by molar-refractivity contribution is 5.77. The molecule has 0 fully saturated rings. The normalized spacial score (nSPS) is 16.1. The van der Waals surface area contributed by atoms with Crippen molar-refractivity contribution in [1.82, 2.24) is 0 Å². The summed E-state index contributed by atoms with van der Waals surface area (Å²) in [7, 11) is 0. The van der Waals surface area contributed by atoms with Crippen molar-refractivity contribution in [3.63, 3.8) is 0 Å². The largest absolute Gasteiger partial charge is 0.475 e. The zero-order valence-corrected chi connectivity index (χ0v) is 11.5. The Bertz CT molecular complexity index is 394. The lowest BCUT2D eigenvalue weighted by Gasteiger charge is -2.25. The molecule has 0 aliphatic carbocycles. The highest BCUT2D eigenvalue weighted by Crippen LogP contribution is 2.28. The van der Waals surface area contributed by atoms with Crippen LogP contribution in [0.1, 0.15) is 20.3 Å². The number of nitrogens with two attached hydrogens (primary N) is 1. The lowest BCUT2D eigenvalue weighted by Crippen LogP contribution is -2.38. The van der Waals surface area contributed by atoms with Crippen molar-refractivity contribution in [1.29, 1.82) is 0 Å². The minimum absolute atomic E-state index is 0.320. The van der Waals surface area contributed by atoms with Gasteiger partial charge in [-0.05, 0) is 32.0 Å². The summed E-state index contributed by atoms with van der Waals surface area (Å²) in [6.07, 6.45) is 0.555. The van der Waals surface area contributed by atoms with Crippen molar-refractivity contribution >= 4 is 11.7 Å². The van der Waals surface area contributed by atoms with Gasteiger partial charge in [-0.15, -0.1) is 0 Å². The maximum absolute atomic E-state index is 11.4. The van der Waals surface area contributed by atoms with E-state index in [1.807, 2.05) is 24.3 Å². The van der Waals surface area contributed by atoms with Crippen LogP contribution in [0, 0.1) is 0 Å². The zero-order chi connectivity index (χ0) is 14.1. The summed E-state index contributed by atoms with van der Waals surface area (Å²) in [5.41, 5.74) is 5.94. The van der Waals surface area contributed by atoms with Gasteiger partial charge >= 0.3 is 5.97 Å². The van der Waals surface area contributed by atoms with Crippen molar-refractivity contribution in [2.24, 2.45) is 5.73 Å². The fourth-order valence-corrected chi connectivity index (χ4v) is 1.48. The van der Waals surface area contributed by atoms with E-state index in [0.29, 0.717) is 18.9 Å². The summed E-state index contributed by atoms with van der Waals surface area (Å²) in [5, 5.41) is 3.13. The molecule has 106 valence electrons. The molecule has 5 nitrogen and oxygen atoms in total. The number of carbonyl (C=O) groups excluding carboxylic acids is 1. The first-order chi connectivity index (χ1) is 9.22. The molecule has 1 atom stereocenters. The maximum atomic E-state index is 11.4. The molecular formula is C14H22N2O3.